The molecule has 0 bridgehead atoms. The lowest BCUT2D eigenvalue weighted by Crippen LogP contribution is -2.02. The van der Waals surface area contributed by atoms with E-state index in [1.165, 1.54) is 22.6 Å². The highest BCUT2D eigenvalue weighted by Crippen LogP contribution is 2.30. The van der Waals surface area contributed by atoms with Gasteiger partial charge in [-0.25, -0.2) is 8.78 Å². The molecule has 13 heavy (non-hydrogen) atoms. The van der Waals surface area contributed by atoms with Crippen molar-refractivity contribution in [3.8, 4) is 0 Å². The van der Waals surface area contributed by atoms with Gasteiger partial charge in [0.25, 0.3) is 5.69 Å². The lowest BCUT2D eigenvalue weighted by Gasteiger charge is -2.01. The van der Waals surface area contributed by atoms with Gasteiger partial charge in [-0.05, 0) is 22.6 Å². The van der Waals surface area contributed by atoms with Crippen molar-refractivity contribution in [2.24, 2.45) is 0 Å². The third-order valence-corrected chi connectivity index (χ3v) is 2.43. The summed E-state index contributed by atoms with van der Waals surface area (Å²) in [5, 5.41) is 10.3. The SMILES string of the molecule is Nc1c([N+](=O)[O-])cc(F)c(F)c1I. The summed E-state index contributed by atoms with van der Waals surface area (Å²) < 4.78 is 25.1. The molecule has 0 fully saturated rings. The van der Waals surface area contributed by atoms with Gasteiger partial charge in [0.05, 0.1) is 14.6 Å². The molecule has 7 heteroatoms. The molecule has 1 aromatic carbocycles. The van der Waals surface area contributed by atoms with Crippen LogP contribution in [-0.4, -0.2) is 4.92 Å². The van der Waals surface area contributed by atoms with Gasteiger partial charge in [0.15, 0.2) is 11.6 Å². The van der Waals surface area contributed by atoms with E-state index in [2.05, 4.69) is 0 Å². The summed E-state index contributed by atoms with van der Waals surface area (Å²) in [7, 11) is 0. The molecule has 0 atom stereocenters. The van der Waals surface area contributed by atoms with E-state index in [-0.39, 0.29) is 9.26 Å². The molecule has 0 unspecified atom stereocenters. The fourth-order valence-electron chi connectivity index (χ4n) is 0.748. The van der Waals surface area contributed by atoms with Gasteiger partial charge in [-0.2, -0.15) is 0 Å². The van der Waals surface area contributed by atoms with Gasteiger partial charge in [0, 0.05) is 0 Å². The van der Waals surface area contributed by atoms with Gasteiger partial charge in [-0.1, -0.05) is 0 Å². The summed E-state index contributed by atoms with van der Waals surface area (Å²) in [4.78, 5) is 9.41. The molecule has 0 heterocycles. The van der Waals surface area contributed by atoms with Gasteiger partial charge >= 0.3 is 0 Å². The van der Waals surface area contributed by atoms with Crippen molar-refractivity contribution in [2.75, 3.05) is 5.73 Å². The molecule has 0 saturated heterocycles. The van der Waals surface area contributed by atoms with Crippen LogP contribution in [0.5, 0.6) is 0 Å². The maximum absolute atomic E-state index is 12.7. The average molecular weight is 300 g/mol. The number of nitrogen functional groups attached to an aromatic ring is 1. The molecule has 0 aliphatic heterocycles. The molecule has 2 N–H and O–H groups in total. The molecule has 1 aromatic rings. The Labute approximate surface area is 85.0 Å². The van der Waals surface area contributed by atoms with Gasteiger partial charge in [0.1, 0.15) is 5.69 Å². The Morgan fingerprint density at radius 1 is 1.54 bits per heavy atom. The topological polar surface area (TPSA) is 69.2 Å². The normalized spacial score (nSPS) is 10.1. The number of hydrogen-bond acceptors (Lipinski definition) is 3. The maximum Gasteiger partial charge on any atom is 0.296 e. The average Bonchev–Trinajstić information content (AvgIpc) is 2.07. The summed E-state index contributed by atoms with van der Waals surface area (Å²) >= 11 is 1.41. The highest BCUT2D eigenvalue weighted by atomic mass is 127. The molecule has 70 valence electrons. The third-order valence-electron chi connectivity index (χ3n) is 1.37. The van der Waals surface area contributed by atoms with Crippen LogP contribution in [0.3, 0.4) is 0 Å². The van der Waals surface area contributed by atoms with E-state index in [0.29, 0.717) is 6.07 Å². The minimum absolute atomic E-state index is 0.274. The summed E-state index contributed by atoms with van der Waals surface area (Å²) in [5.74, 6) is -2.44. The van der Waals surface area contributed by atoms with E-state index < -0.39 is 22.2 Å². The quantitative estimate of drug-likeness (QED) is 0.284. The Morgan fingerprint density at radius 3 is 2.54 bits per heavy atom. The van der Waals surface area contributed by atoms with Crippen LogP contribution >= 0.6 is 22.6 Å². The molecule has 1 rings (SSSR count). The lowest BCUT2D eigenvalue weighted by molar-refractivity contribution is -0.384. The number of rotatable bonds is 1. The van der Waals surface area contributed by atoms with Gasteiger partial charge < -0.3 is 5.73 Å². The second kappa shape index (κ2) is 3.40. The van der Waals surface area contributed by atoms with E-state index in [4.69, 9.17) is 5.73 Å². The van der Waals surface area contributed by atoms with E-state index >= 15 is 0 Å². The Hall–Kier alpha value is -0.990. The second-order valence-corrected chi connectivity index (χ2v) is 3.26. The maximum atomic E-state index is 12.7. The number of halogens is 3. The van der Waals surface area contributed by atoms with Crippen molar-refractivity contribution in [1.82, 2.24) is 0 Å². The van der Waals surface area contributed by atoms with E-state index in [1.807, 2.05) is 0 Å². The van der Waals surface area contributed by atoms with E-state index in [0.717, 1.165) is 0 Å². The van der Waals surface area contributed by atoms with Crippen molar-refractivity contribution in [3.05, 3.63) is 31.4 Å². The molecule has 0 aromatic heterocycles. The molecular formula is C6H3F2IN2O2. The van der Waals surface area contributed by atoms with Crippen LogP contribution in [0, 0.1) is 25.3 Å². The van der Waals surface area contributed by atoms with Crippen LogP contribution in [0.4, 0.5) is 20.2 Å². The summed E-state index contributed by atoms with van der Waals surface area (Å²) in [5.41, 5.74) is 4.22. The summed E-state index contributed by atoms with van der Waals surface area (Å²) in [6.45, 7) is 0. The fourth-order valence-corrected chi connectivity index (χ4v) is 1.28. The predicted molar refractivity (Wildman–Crippen MR) is 50.1 cm³/mol. The molecule has 4 nitrogen and oxygen atoms in total. The monoisotopic (exact) mass is 300 g/mol. The number of benzene rings is 1. The Balaban J connectivity index is 3.50. The number of nitro benzene ring substituents is 1. The van der Waals surface area contributed by atoms with Gasteiger partial charge in [-0.3, -0.25) is 10.1 Å². The van der Waals surface area contributed by atoms with E-state index in [1.54, 1.807) is 0 Å². The van der Waals surface area contributed by atoms with Crippen molar-refractivity contribution < 1.29 is 13.7 Å². The molecule has 0 radical (unpaired) electrons. The molecule has 0 aliphatic carbocycles. The first-order valence-electron chi connectivity index (χ1n) is 3.02. The standard InChI is InChI=1S/C6H3F2IN2O2/c7-2-1-3(11(12)13)6(10)5(9)4(2)8/h1H,10H2. The van der Waals surface area contributed by atoms with Crippen LogP contribution in [0.25, 0.3) is 0 Å². The first-order chi connectivity index (χ1) is 5.95. The van der Waals surface area contributed by atoms with E-state index in [9.17, 15) is 18.9 Å². The zero-order valence-corrected chi connectivity index (χ0v) is 8.21. The van der Waals surface area contributed by atoms with Crippen LogP contribution in [0.15, 0.2) is 6.07 Å². The number of nitrogens with two attached hydrogens (primary N) is 1. The zero-order chi connectivity index (χ0) is 10.2. The Morgan fingerprint density at radius 2 is 2.08 bits per heavy atom. The number of nitrogens with zero attached hydrogens (tertiary/aromatic N) is 1. The fraction of sp³-hybridized carbons (Fsp3) is 0. The highest BCUT2D eigenvalue weighted by Gasteiger charge is 2.21. The molecule has 0 saturated carbocycles. The minimum Gasteiger partial charge on any atom is -0.392 e. The first-order valence-corrected chi connectivity index (χ1v) is 4.10. The number of hydrogen-bond donors (Lipinski definition) is 1. The van der Waals surface area contributed by atoms with Crippen molar-refractivity contribution in [1.29, 1.82) is 0 Å². The van der Waals surface area contributed by atoms with Gasteiger partial charge in [0.2, 0.25) is 0 Å². The highest BCUT2D eigenvalue weighted by molar-refractivity contribution is 14.1. The lowest BCUT2D eigenvalue weighted by atomic mass is 10.2. The summed E-state index contributed by atoms with van der Waals surface area (Å²) in [6, 6.07) is 0.465. The minimum atomic E-state index is -1.27. The van der Waals surface area contributed by atoms with Gasteiger partial charge in [-0.15, -0.1) is 0 Å². The molecule has 0 amide bonds. The molecule has 0 spiro atoms. The van der Waals surface area contributed by atoms with Crippen LogP contribution < -0.4 is 5.73 Å². The van der Waals surface area contributed by atoms with Crippen molar-refractivity contribution in [2.45, 2.75) is 0 Å². The number of anilines is 1. The third kappa shape index (κ3) is 1.69. The molecule has 0 aliphatic rings. The van der Waals surface area contributed by atoms with Crippen LogP contribution in [0.1, 0.15) is 0 Å². The zero-order valence-electron chi connectivity index (χ0n) is 6.05. The largest absolute Gasteiger partial charge is 0.392 e. The smallest absolute Gasteiger partial charge is 0.296 e. The summed E-state index contributed by atoms with van der Waals surface area (Å²) in [6.07, 6.45) is 0. The second-order valence-electron chi connectivity index (χ2n) is 2.18. The molecular weight excluding hydrogens is 297 g/mol. The number of nitro groups is 1. The first kappa shape index (κ1) is 10.1. The van der Waals surface area contributed by atoms with Crippen LogP contribution in [-0.2, 0) is 0 Å². The Bertz CT molecular complexity index is 383. The Kier molecular flexibility index (Phi) is 2.64. The van der Waals surface area contributed by atoms with Crippen molar-refractivity contribution in [3.63, 3.8) is 0 Å². The van der Waals surface area contributed by atoms with Crippen LogP contribution in [0.2, 0.25) is 0 Å². The van der Waals surface area contributed by atoms with Crippen molar-refractivity contribution >= 4 is 34.0 Å². The predicted octanol–water partition coefficient (Wildman–Crippen LogP) is 2.06.